The van der Waals surface area contributed by atoms with E-state index in [1.165, 1.54) is 23.9 Å². The Kier molecular flexibility index (Phi) is 7.82. The molecule has 2 aromatic rings. The molecule has 0 saturated heterocycles. The van der Waals surface area contributed by atoms with E-state index in [4.69, 9.17) is 0 Å². The van der Waals surface area contributed by atoms with Gasteiger partial charge in [0.2, 0.25) is 15.9 Å². The molecule has 0 atom stereocenters. The number of nitrogens with one attached hydrogen (secondary N) is 2. The zero-order chi connectivity index (χ0) is 19.9. The molecule has 0 aliphatic carbocycles. The highest BCUT2D eigenvalue weighted by Gasteiger charge is 2.12. The summed E-state index contributed by atoms with van der Waals surface area (Å²) in [5, 5.41) is 2.81. The van der Waals surface area contributed by atoms with Crippen LogP contribution in [0, 0.1) is 5.82 Å². The van der Waals surface area contributed by atoms with E-state index in [0.717, 1.165) is 10.5 Å². The maximum Gasteiger partial charge on any atom is 0.230 e. The monoisotopic (exact) mass is 410 g/mol. The molecule has 2 aromatic carbocycles. The van der Waals surface area contributed by atoms with Gasteiger partial charge in [0.15, 0.2) is 0 Å². The van der Waals surface area contributed by atoms with Crippen LogP contribution in [0.25, 0.3) is 0 Å². The maximum atomic E-state index is 12.8. The smallest absolute Gasteiger partial charge is 0.230 e. The number of carbonyl (C=O) groups excluding carboxylic acids is 1. The molecule has 8 heteroatoms. The number of thioether (sulfide) groups is 1. The fourth-order valence-electron chi connectivity index (χ4n) is 2.30. The predicted molar refractivity (Wildman–Crippen MR) is 106 cm³/mol. The van der Waals surface area contributed by atoms with E-state index in [0.29, 0.717) is 12.1 Å². The van der Waals surface area contributed by atoms with Gasteiger partial charge in [-0.2, -0.15) is 0 Å². The third-order valence-corrected chi connectivity index (χ3v) is 6.02. The number of hydrogen-bond donors (Lipinski definition) is 2. The first-order valence-electron chi connectivity index (χ1n) is 8.46. The molecule has 5 nitrogen and oxygen atoms in total. The highest BCUT2D eigenvalue weighted by atomic mass is 32.2. The molecule has 2 rings (SSSR count). The largest absolute Gasteiger partial charge is 0.351 e. The van der Waals surface area contributed by atoms with E-state index >= 15 is 0 Å². The van der Waals surface area contributed by atoms with E-state index < -0.39 is 10.0 Å². The van der Waals surface area contributed by atoms with E-state index in [-0.39, 0.29) is 29.3 Å². The van der Waals surface area contributed by atoms with E-state index in [1.54, 1.807) is 50.2 Å². The zero-order valence-corrected chi connectivity index (χ0v) is 16.9. The molecular weight excluding hydrogens is 387 g/mol. The van der Waals surface area contributed by atoms with Gasteiger partial charge in [0.05, 0.1) is 11.5 Å². The zero-order valence-electron chi connectivity index (χ0n) is 15.2. The number of benzene rings is 2. The molecule has 27 heavy (non-hydrogen) atoms. The van der Waals surface area contributed by atoms with Crippen LogP contribution in [0.1, 0.15) is 25.0 Å². The molecule has 0 aliphatic rings. The molecule has 146 valence electrons. The molecule has 0 aliphatic heterocycles. The van der Waals surface area contributed by atoms with Crippen LogP contribution in [0.4, 0.5) is 4.39 Å². The molecular formula is C19H23FN2O3S2. The van der Waals surface area contributed by atoms with Crippen molar-refractivity contribution < 1.29 is 17.6 Å². The van der Waals surface area contributed by atoms with Gasteiger partial charge >= 0.3 is 0 Å². The van der Waals surface area contributed by atoms with Crippen LogP contribution in [-0.2, 0) is 27.1 Å². The lowest BCUT2D eigenvalue weighted by Gasteiger charge is -2.10. The van der Waals surface area contributed by atoms with Crippen LogP contribution in [-0.4, -0.2) is 26.1 Å². The molecule has 2 N–H and O–H groups in total. The van der Waals surface area contributed by atoms with Crippen LogP contribution in [0.3, 0.4) is 0 Å². The molecule has 0 aromatic heterocycles. The Morgan fingerprint density at radius 3 is 2.22 bits per heavy atom. The summed E-state index contributed by atoms with van der Waals surface area (Å²) in [6, 6.07) is 12.9. The summed E-state index contributed by atoms with van der Waals surface area (Å²) >= 11 is 1.33. The van der Waals surface area contributed by atoms with Crippen molar-refractivity contribution in [3.8, 4) is 0 Å². The Hall–Kier alpha value is -1.90. The summed E-state index contributed by atoms with van der Waals surface area (Å²) in [5.74, 6) is -0.272. The molecule has 0 unspecified atom stereocenters. The summed E-state index contributed by atoms with van der Waals surface area (Å²) < 4.78 is 39.2. The maximum absolute atomic E-state index is 12.8. The van der Waals surface area contributed by atoms with Crippen molar-refractivity contribution >= 4 is 27.7 Å². The molecule has 0 saturated carbocycles. The van der Waals surface area contributed by atoms with Crippen molar-refractivity contribution in [3.63, 3.8) is 0 Å². The van der Waals surface area contributed by atoms with Crippen LogP contribution in [0.5, 0.6) is 0 Å². The predicted octanol–water partition coefficient (Wildman–Crippen LogP) is 3.06. The average Bonchev–Trinajstić information content (AvgIpc) is 2.59. The van der Waals surface area contributed by atoms with Gasteiger partial charge in [0.25, 0.3) is 0 Å². The molecule has 0 spiro atoms. The summed E-state index contributed by atoms with van der Waals surface area (Å²) in [6.07, 6.45) is 0. The van der Waals surface area contributed by atoms with Crippen molar-refractivity contribution in [2.75, 3.05) is 5.75 Å². The lowest BCUT2D eigenvalue weighted by atomic mass is 10.1. The summed E-state index contributed by atoms with van der Waals surface area (Å²) in [7, 11) is -3.35. The number of halogens is 1. The van der Waals surface area contributed by atoms with Gasteiger partial charge in [0.1, 0.15) is 5.82 Å². The first-order valence-corrected chi connectivity index (χ1v) is 11.1. The van der Waals surface area contributed by atoms with E-state index in [1.807, 2.05) is 0 Å². The van der Waals surface area contributed by atoms with Gasteiger partial charge in [-0.25, -0.2) is 17.5 Å². The average molecular weight is 411 g/mol. The van der Waals surface area contributed by atoms with Crippen molar-refractivity contribution in [1.29, 1.82) is 0 Å². The van der Waals surface area contributed by atoms with Crippen LogP contribution >= 0.6 is 11.8 Å². The van der Waals surface area contributed by atoms with Crippen LogP contribution in [0.15, 0.2) is 53.4 Å². The molecule has 0 radical (unpaired) electrons. The standard InChI is InChI=1S/C19H23FN2O3S2/c1-14(2)22-27(24,25)13-16-5-3-15(4-6-16)11-21-19(23)12-26-18-9-7-17(20)8-10-18/h3-10,14,22H,11-13H2,1-2H3,(H,21,23). The van der Waals surface area contributed by atoms with Gasteiger partial charge in [0, 0.05) is 17.5 Å². The number of hydrogen-bond acceptors (Lipinski definition) is 4. The number of rotatable bonds is 9. The Labute approximate surface area is 163 Å². The summed E-state index contributed by atoms with van der Waals surface area (Å²) in [6.45, 7) is 3.91. The second-order valence-electron chi connectivity index (χ2n) is 6.37. The normalized spacial score (nSPS) is 11.6. The Balaban J connectivity index is 1.79. The molecule has 0 fully saturated rings. The SMILES string of the molecule is CC(C)NS(=O)(=O)Cc1ccc(CNC(=O)CSc2ccc(F)cc2)cc1. The van der Waals surface area contributed by atoms with Gasteiger partial charge in [-0.1, -0.05) is 24.3 Å². The van der Waals surface area contributed by atoms with E-state index in [2.05, 4.69) is 10.0 Å². The number of carbonyl (C=O) groups is 1. The van der Waals surface area contributed by atoms with Crippen molar-refractivity contribution in [3.05, 3.63) is 65.5 Å². The highest BCUT2D eigenvalue weighted by molar-refractivity contribution is 8.00. The Morgan fingerprint density at radius 2 is 1.63 bits per heavy atom. The minimum Gasteiger partial charge on any atom is -0.351 e. The first-order chi connectivity index (χ1) is 12.7. The number of sulfonamides is 1. The van der Waals surface area contributed by atoms with Crippen LogP contribution < -0.4 is 10.0 Å². The summed E-state index contributed by atoms with van der Waals surface area (Å²) in [4.78, 5) is 12.7. The topological polar surface area (TPSA) is 75.3 Å². The van der Waals surface area contributed by atoms with Crippen molar-refractivity contribution in [1.82, 2.24) is 10.0 Å². The van der Waals surface area contributed by atoms with Gasteiger partial charge in [-0.15, -0.1) is 11.8 Å². The minimum atomic E-state index is -3.35. The van der Waals surface area contributed by atoms with E-state index in [9.17, 15) is 17.6 Å². The van der Waals surface area contributed by atoms with Gasteiger partial charge in [-0.05, 0) is 49.2 Å². The fourth-order valence-corrected chi connectivity index (χ4v) is 4.47. The van der Waals surface area contributed by atoms with Gasteiger partial charge < -0.3 is 5.32 Å². The van der Waals surface area contributed by atoms with Crippen molar-refractivity contribution in [2.24, 2.45) is 0 Å². The Morgan fingerprint density at radius 1 is 1.04 bits per heavy atom. The van der Waals surface area contributed by atoms with Crippen molar-refractivity contribution in [2.45, 2.75) is 37.1 Å². The molecule has 1 amide bonds. The lowest BCUT2D eigenvalue weighted by Crippen LogP contribution is -2.31. The third kappa shape index (κ3) is 8.11. The fraction of sp³-hybridized carbons (Fsp3) is 0.316. The minimum absolute atomic E-state index is 0.0773. The molecule has 0 heterocycles. The third-order valence-electron chi connectivity index (χ3n) is 3.47. The lowest BCUT2D eigenvalue weighted by molar-refractivity contribution is -0.118. The van der Waals surface area contributed by atoms with Crippen LogP contribution in [0.2, 0.25) is 0 Å². The summed E-state index contributed by atoms with van der Waals surface area (Å²) in [5.41, 5.74) is 1.57. The van der Waals surface area contributed by atoms with Gasteiger partial charge in [-0.3, -0.25) is 4.79 Å². The molecule has 0 bridgehead atoms. The number of amides is 1. The second-order valence-corrected chi connectivity index (χ2v) is 9.17. The first kappa shape index (κ1) is 21.4. The second kappa shape index (κ2) is 9.87. The quantitative estimate of drug-likeness (QED) is 0.623. The highest BCUT2D eigenvalue weighted by Crippen LogP contribution is 2.17. The Bertz CT molecular complexity index is 852.